The Morgan fingerprint density at radius 1 is 1.21 bits per heavy atom. The molecule has 1 N–H and O–H groups in total. The molecule has 0 radical (unpaired) electrons. The van der Waals surface area contributed by atoms with Gasteiger partial charge in [-0.05, 0) is 29.8 Å². The largest absolute Gasteiger partial charge is 0.493 e. The minimum absolute atomic E-state index is 0.129. The Morgan fingerprint density at radius 3 is 2.75 bits per heavy atom. The number of amides is 1. The van der Waals surface area contributed by atoms with Crippen LogP contribution in [0.4, 0.5) is 8.78 Å². The van der Waals surface area contributed by atoms with Crippen LogP contribution < -0.4 is 24.3 Å². The number of halogens is 2. The maximum absolute atomic E-state index is 12.6. The Bertz CT molecular complexity index is 870. The lowest BCUT2D eigenvalue weighted by atomic mass is 10.1. The van der Waals surface area contributed by atoms with E-state index in [0.29, 0.717) is 30.3 Å². The molecule has 6 nitrogen and oxygen atoms in total. The molecule has 2 aromatic carbocycles. The van der Waals surface area contributed by atoms with Crippen LogP contribution in [-0.2, 0) is 11.3 Å². The Morgan fingerprint density at radius 2 is 2.00 bits per heavy atom. The monoisotopic (exact) mass is 391 g/mol. The van der Waals surface area contributed by atoms with E-state index in [1.54, 1.807) is 24.3 Å². The first-order valence-electron chi connectivity index (χ1n) is 8.53. The van der Waals surface area contributed by atoms with E-state index >= 15 is 0 Å². The van der Waals surface area contributed by atoms with Crippen molar-refractivity contribution in [3.05, 3.63) is 53.6 Å². The zero-order valence-corrected chi connectivity index (χ0v) is 15.1. The van der Waals surface area contributed by atoms with Gasteiger partial charge in [-0.25, -0.2) is 0 Å². The summed E-state index contributed by atoms with van der Waals surface area (Å²) in [5.74, 6) is 0.945. The molecule has 0 aliphatic carbocycles. The van der Waals surface area contributed by atoms with Gasteiger partial charge in [-0.1, -0.05) is 18.2 Å². The standard InChI is InChI=1S/C20H19F2NO5/c1-25-16-4-2-3-14(19(16)28-20(21)22)6-8-18(24)23-12-13-5-7-15-17(11-13)27-10-9-26-15/h2-8,11,20H,9-10,12H2,1H3,(H,23,24)/b8-6+. The zero-order valence-electron chi connectivity index (χ0n) is 15.1. The number of carbonyl (C=O) groups excluding carboxylic acids is 1. The number of methoxy groups -OCH3 is 1. The van der Waals surface area contributed by atoms with Gasteiger partial charge in [0.05, 0.1) is 7.11 Å². The van der Waals surface area contributed by atoms with E-state index in [4.69, 9.17) is 14.2 Å². The third-order valence-electron chi connectivity index (χ3n) is 3.92. The lowest BCUT2D eigenvalue weighted by Crippen LogP contribution is -2.21. The normalized spacial score (nSPS) is 12.9. The fourth-order valence-electron chi connectivity index (χ4n) is 2.65. The number of carbonyl (C=O) groups is 1. The van der Waals surface area contributed by atoms with E-state index in [0.717, 1.165) is 5.56 Å². The number of rotatable bonds is 7. The average Bonchev–Trinajstić information content (AvgIpc) is 2.70. The molecule has 0 unspecified atom stereocenters. The fourth-order valence-corrected chi connectivity index (χ4v) is 2.65. The Balaban J connectivity index is 1.64. The molecule has 0 fully saturated rings. The van der Waals surface area contributed by atoms with Crippen molar-refractivity contribution in [2.45, 2.75) is 13.2 Å². The van der Waals surface area contributed by atoms with Gasteiger partial charge in [-0.15, -0.1) is 0 Å². The van der Waals surface area contributed by atoms with E-state index in [1.165, 1.54) is 25.3 Å². The second-order valence-corrected chi connectivity index (χ2v) is 5.79. The van der Waals surface area contributed by atoms with Crippen LogP contribution in [0.1, 0.15) is 11.1 Å². The van der Waals surface area contributed by atoms with Crippen molar-refractivity contribution in [2.75, 3.05) is 20.3 Å². The van der Waals surface area contributed by atoms with Crippen molar-refractivity contribution in [1.82, 2.24) is 5.32 Å². The van der Waals surface area contributed by atoms with Crippen LogP contribution in [-0.4, -0.2) is 32.8 Å². The molecule has 2 aromatic rings. The van der Waals surface area contributed by atoms with Crippen LogP contribution in [0, 0.1) is 0 Å². The molecular weight excluding hydrogens is 372 g/mol. The van der Waals surface area contributed by atoms with E-state index < -0.39 is 6.61 Å². The van der Waals surface area contributed by atoms with Crippen molar-refractivity contribution in [3.63, 3.8) is 0 Å². The first kappa shape index (κ1) is 19.5. The molecule has 0 atom stereocenters. The van der Waals surface area contributed by atoms with Crippen LogP contribution in [0.15, 0.2) is 42.5 Å². The summed E-state index contributed by atoms with van der Waals surface area (Å²) < 4.78 is 45.8. The van der Waals surface area contributed by atoms with Crippen LogP contribution in [0.3, 0.4) is 0 Å². The summed E-state index contributed by atoms with van der Waals surface area (Å²) in [6.45, 7) is -1.74. The van der Waals surface area contributed by atoms with Gasteiger partial charge in [-0.3, -0.25) is 4.79 Å². The first-order valence-corrected chi connectivity index (χ1v) is 8.53. The Labute approximate surface area is 160 Å². The minimum Gasteiger partial charge on any atom is -0.493 e. The number of ether oxygens (including phenoxy) is 4. The zero-order chi connectivity index (χ0) is 19.9. The van der Waals surface area contributed by atoms with Gasteiger partial charge in [0.2, 0.25) is 5.91 Å². The highest BCUT2D eigenvalue weighted by atomic mass is 19.3. The Hall–Kier alpha value is -3.29. The van der Waals surface area contributed by atoms with Gasteiger partial charge < -0.3 is 24.3 Å². The summed E-state index contributed by atoms with van der Waals surface area (Å²) in [5.41, 5.74) is 1.14. The van der Waals surface area contributed by atoms with Gasteiger partial charge in [0.25, 0.3) is 0 Å². The van der Waals surface area contributed by atoms with E-state index in [2.05, 4.69) is 10.1 Å². The van der Waals surface area contributed by atoms with E-state index in [-0.39, 0.29) is 24.0 Å². The molecule has 3 rings (SSSR count). The van der Waals surface area contributed by atoms with E-state index in [1.807, 2.05) is 6.07 Å². The average molecular weight is 391 g/mol. The van der Waals surface area contributed by atoms with Crippen molar-refractivity contribution in [2.24, 2.45) is 0 Å². The van der Waals surface area contributed by atoms with Gasteiger partial charge >= 0.3 is 6.61 Å². The maximum Gasteiger partial charge on any atom is 0.387 e. The highest BCUT2D eigenvalue weighted by Gasteiger charge is 2.14. The van der Waals surface area contributed by atoms with Crippen LogP contribution in [0.2, 0.25) is 0 Å². The quantitative estimate of drug-likeness (QED) is 0.733. The molecule has 1 aliphatic heterocycles. The van der Waals surface area contributed by atoms with Crippen molar-refractivity contribution in [1.29, 1.82) is 0 Å². The highest BCUT2D eigenvalue weighted by molar-refractivity contribution is 5.92. The lowest BCUT2D eigenvalue weighted by molar-refractivity contribution is -0.116. The molecule has 8 heteroatoms. The van der Waals surface area contributed by atoms with Gasteiger partial charge in [0, 0.05) is 18.2 Å². The van der Waals surface area contributed by atoms with Crippen LogP contribution >= 0.6 is 0 Å². The number of benzene rings is 2. The second-order valence-electron chi connectivity index (χ2n) is 5.79. The number of hydrogen-bond acceptors (Lipinski definition) is 5. The highest BCUT2D eigenvalue weighted by Crippen LogP contribution is 2.33. The van der Waals surface area contributed by atoms with Gasteiger partial charge in [0.15, 0.2) is 23.0 Å². The summed E-state index contributed by atoms with van der Waals surface area (Å²) >= 11 is 0. The molecule has 0 aromatic heterocycles. The second kappa shape index (κ2) is 9.07. The lowest BCUT2D eigenvalue weighted by Gasteiger charge is -2.18. The fraction of sp³-hybridized carbons (Fsp3) is 0.250. The molecule has 1 aliphatic rings. The molecule has 1 amide bonds. The molecule has 0 spiro atoms. The van der Waals surface area contributed by atoms with Gasteiger partial charge in [-0.2, -0.15) is 8.78 Å². The summed E-state index contributed by atoms with van der Waals surface area (Å²) in [6, 6.07) is 10.1. The summed E-state index contributed by atoms with van der Waals surface area (Å²) in [4.78, 5) is 12.1. The molecule has 0 saturated carbocycles. The number of hydrogen-bond donors (Lipinski definition) is 1. The SMILES string of the molecule is COc1cccc(/C=C/C(=O)NCc2ccc3c(c2)OCCO3)c1OC(F)F. The number of nitrogens with one attached hydrogen (secondary N) is 1. The summed E-state index contributed by atoms with van der Waals surface area (Å²) in [6.07, 6.45) is 2.63. The minimum atomic E-state index is -3.01. The molecule has 1 heterocycles. The Kier molecular flexibility index (Phi) is 6.31. The topological polar surface area (TPSA) is 66.0 Å². The molecule has 28 heavy (non-hydrogen) atoms. The summed E-state index contributed by atoms with van der Waals surface area (Å²) in [7, 11) is 1.35. The third-order valence-corrected chi connectivity index (χ3v) is 3.92. The number of fused-ring (bicyclic) bond motifs is 1. The molecule has 0 saturated heterocycles. The molecule has 148 valence electrons. The first-order chi connectivity index (χ1) is 13.6. The van der Waals surface area contributed by atoms with Crippen molar-refractivity contribution < 1.29 is 32.5 Å². The summed E-state index contributed by atoms with van der Waals surface area (Å²) in [5, 5.41) is 2.72. The molecular formula is C20H19F2NO5. The van der Waals surface area contributed by atoms with Crippen molar-refractivity contribution >= 4 is 12.0 Å². The number of alkyl halides is 2. The maximum atomic E-state index is 12.6. The molecule has 0 bridgehead atoms. The smallest absolute Gasteiger partial charge is 0.387 e. The van der Waals surface area contributed by atoms with Crippen LogP contribution in [0.25, 0.3) is 6.08 Å². The van der Waals surface area contributed by atoms with Gasteiger partial charge in [0.1, 0.15) is 13.2 Å². The van der Waals surface area contributed by atoms with Crippen LogP contribution in [0.5, 0.6) is 23.0 Å². The van der Waals surface area contributed by atoms with Crippen molar-refractivity contribution in [3.8, 4) is 23.0 Å². The van der Waals surface area contributed by atoms with E-state index in [9.17, 15) is 13.6 Å². The predicted octanol–water partition coefficient (Wildman–Crippen LogP) is 3.40. The number of para-hydroxylation sites is 1. The predicted molar refractivity (Wildman–Crippen MR) is 97.9 cm³/mol. The third kappa shape index (κ3) is 4.91.